The summed E-state index contributed by atoms with van der Waals surface area (Å²) in [4.78, 5) is 25.6. The summed E-state index contributed by atoms with van der Waals surface area (Å²) < 4.78 is 11.1. The number of carbonyl (C=O) groups excluding carboxylic acids is 1. The van der Waals surface area contributed by atoms with E-state index < -0.39 is 11.4 Å². The first kappa shape index (κ1) is 18.1. The number of hydrogen-bond donors (Lipinski definition) is 1. The van der Waals surface area contributed by atoms with Crippen LogP contribution in [-0.2, 0) is 9.59 Å². The number of benzene rings is 1. The average molecular weight is 335 g/mol. The number of aliphatic carboxylic acids is 1. The molecule has 1 aliphatic rings. The monoisotopic (exact) mass is 335 g/mol. The highest BCUT2D eigenvalue weighted by Gasteiger charge is 2.48. The zero-order valence-electron chi connectivity index (χ0n) is 14.4. The second-order valence-corrected chi connectivity index (χ2v) is 6.35. The first-order chi connectivity index (χ1) is 11.4. The van der Waals surface area contributed by atoms with Gasteiger partial charge in [0.15, 0.2) is 18.1 Å². The minimum atomic E-state index is -0.862. The number of hydrogen-bond acceptors (Lipinski definition) is 4. The summed E-state index contributed by atoms with van der Waals surface area (Å²) in [6.07, 6.45) is 0.473. The number of ether oxygens (including phenoxy) is 2. The van der Waals surface area contributed by atoms with Gasteiger partial charge in [-0.05, 0) is 31.4 Å². The normalized spacial score (nSPS) is 20.2. The number of amides is 1. The van der Waals surface area contributed by atoms with Crippen LogP contribution in [0.25, 0.3) is 0 Å². The van der Waals surface area contributed by atoms with E-state index in [1.165, 1.54) is 0 Å². The summed E-state index contributed by atoms with van der Waals surface area (Å²) in [6.45, 7) is 6.71. The SMILES string of the molecule is CCOc1ccccc1OCC(=O)N1CCC(C(=O)O)(C(C)C)C1. The van der Waals surface area contributed by atoms with Gasteiger partial charge in [0.1, 0.15) is 0 Å². The summed E-state index contributed by atoms with van der Waals surface area (Å²) in [5.74, 6) is 0.0319. The van der Waals surface area contributed by atoms with E-state index in [4.69, 9.17) is 9.47 Å². The van der Waals surface area contributed by atoms with Gasteiger partial charge in [0.05, 0.1) is 12.0 Å². The molecule has 0 saturated carbocycles. The maximum atomic E-state index is 12.4. The first-order valence-electron chi connectivity index (χ1n) is 8.26. The minimum Gasteiger partial charge on any atom is -0.490 e. The molecule has 0 aliphatic carbocycles. The van der Waals surface area contributed by atoms with E-state index in [1.54, 1.807) is 17.0 Å². The standard InChI is InChI=1S/C18H25NO5/c1-4-23-14-7-5-6-8-15(14)24-11-16(20)19-10-9-18(12-19,13(2)3)17(21)22/h5-8,13H,4,9-12H2,1-3H3,(H,21,22). The van der Waals surface area contributed by atoms with Crippen molar-refractivity contribution in [1.29, 1.82) is 0 Å². The summed E-state index contributed by atoms with van der Waals surface area (Å²) in [5.41, 5.74) is -0.862. The van der Waals surface area contributed by atoms with Crippen molar-refractivity contribution in [3.8, 4) is 11.5 Å². The number of para-hydroxylation sites is 2. The van der Waals surface area contributed by atoms with Crippen LogP contribution < -0.4 is 9.47 Å². The van der Waals surface area contributed by atoms with Crippen molar-refractivity contribution in [2.24, 2.45) is 11.3 Å². The van der Waals surface area contributed by atoms with Gasteiger partial charge >= 0.3 is 5.97 Å². The minimum absolute atomic E-state index is 0.0348. The second kappa shape index (κ2) is 7.55. The molecule has 1 amide bonds. The zero-order valence-corrected chi connectivity index (χ0v) is 14.4. The largest absolute Gasteiger partial charge is 0.490 e. The van der Waals surface area contributed by atoms with Crippen molar-refractivity contribution in [2.45, 2.75) is 27.2 Å². The van der Waals surface area contributed by atoms with Crippen LogP contribution in [0.4, 0.5) is 0 Å². The molecule has 1 fully saturated rings. The van der Waals surface area contributed by atoms with Gasteiger partial charge in [-0.3, -0.25) is 9.59 Å². The predicted octanol–water partition coefficient (Wildman–Crippen LogP) is 2.42. The Balaban J connectivity index is 1.98. The average Bonchev–Trinajstić information content (AvgIpc) is 3.01. The zero-order chi connectivity index (χ0) is 17.7. The number of carboxylic acids is 1. The fourth-order valence-corrected chi connectivity index (χ4v) is 3.01. The van der Waals surface area contributed by atoms with E-state index in [1.807, 2.05) is 32.9 Å². The Bertz CT molecular complexity index is 601. The van der Waals surface area contributed by atoms with Crippen LogP contribution in [0.5, 0.6) is 11.5 Å². The second-order valence-electron chi connectivity index (χ2n) is 6.35. The quantitative estimate of drug-likeness (QED) is 0.828. The lowest BCUT2D eigenvalue weighted by molar-refractivity contribution is -0.151. The highest BCUT2D eigenvalue weighted by atomic mass is 16.5. The van der Waals surface area contributed by atoms with Crippen molar-refractivity contribution in [3.63, 3.8) is 0 Å². The van der Waals surface area contributed by atoms with E-state index in [2.05, 4.69) is 0 Å². The van der Waals surface area contributed by atoms with Crippen molar-refractivity contribution in [3.05, 3.63) is 24.3 Å². The van der Waals surface area contributed by atoms with Crippen LogP contribution in [0.2, 0.25) is 0 Å². The van der Waals surface area contributed by atoms with Gasteiger partial charge in [-0.1, -0.05) is 26.0 Å². The fraction of sp³-hybridized carbons (Fsp3) is 0.556. The Morgan fingerprint density at radius 2 is 1.88 bits per heavy atom. The van der Waals surface area contributed by atoms with E-state index in [-0.39, 0.29) is 25.0 Å². The molecule has 1 N–H and O–H groups in total. The number of nitrogens with zero attached hydrogens (tertiary/aromatic N) is 1. The molecule has 0 bridgehead atoms. The van der Waals surface area contributed by atoms with Gasteiger partial charge in [-0.2, -0.15) is 0 Å². The molecular formula is C18H25NO5. The predicted molar refractivity (Wildman–Crippen MR) is 89.2 cm³/mol. The molecule has 0 spiro atoms. The maximum Gasteiger partial charge on any atom is 0.311 e. The van der Waals surface area contributed by atoms with Crippen LogP contribution >= 0.6 is 0 Å². The summed E-state index contributed by atoms with van der Waals surface area (Å²) in [7, 11) is 0. The van der Waals surface area contributed by atoms with Gasteiger partial charge in [0.2, 0.25) is 0 Å². The topological polar surface area (TPSA) is 76.1 Å². The Morgan fingerprint density at radius 3 is 2.38 bits per heavy atom. The third-order valence-electron chi connectivity index (χ3n) is 4.68. The molecule has 1 atom stereocenters. The molecule has 0 aromatic heterocycles. The molecule has 6 nitrogen and oxygen atoms in total. The fourth-order valence-electron chi connectivity index (χ4n) is 3.01. The van der Waals surface area contributed by atoms with Gasteiger partial charge in [0.25, 0.3) is 5.91 Å². The van der Waals surface area contributed by atoms with E-state index in [9.17, 15) is 14.7 Å². The summed E-state index contributed by atoms with van der Waals surface area (Å²) in [5, 5.41) is 9.55. The third kappa shape index (κ3) is 3.63. The molecule has 1 aromatic carbocycles. The first-order valence-corrected chi connectivity index (χ1v) is 8.26. The van der Waals surface area contributed by atoms with Crippen molar-refractivity contribution < 1.29 is 24.2 Å². The summed E-state index contributed by atoms with van der Waals surface area (Å²) in [6, 6.07) is 7.18. The van der Waals surface area contributed by atoms with Crippen molar-refractivity contribution in [1.82, 2.24) is 4.90 Å². The smallest absolute Gasteiger partial charge is 0.311 e. The molecule has 6 heteroatoms. The van der Waals surface area contributed by atoms with Crippen molar-refractivity contribution in [2.75, 3.05) is 26.3 Å². The van der Waals surface area contributed by atoms with E-state index in [0.29, 0.717) is 31.1 Å². The maximum absolute atomic E-state index is 12.4. The van der Waals surface area contributed by atoms with E-state index >= 15 is 0 Å². The molecule has 2 rings (SSSR count). The molecule has 1 unspecified atom stereocenters. The van der Waals surface area contributed by atoms with Crippen LogP contribution in [0.3, 0.4) is 0 Å². The lowest BCUT2D eigenvalue weighted by Crippen LogP contribution is -2.41. The molecule has 1 aromatic rings. The molecule has 1 heterocycles. The van der Waals surface area contributed by atoms with Gasteiger partial charge in [-0.25, -0.2) is 0 Å². The Kier molecular flexibility index (Phi) is 5.70. The number of carboxylic acid groups (broad SMARTS) is 1. The highest BCUT2D eigenvalue weighted by Crippen LogP contribution is 2.38. The Hall–Kier alpha value is -2.24. The van der Waals surface area contributed by atoms with E-state index in [0.717, 1.165) is 0 Å². The van der Waals surface area contributed by atoms with Crippen molar-refractivity contribution >= 4 is 11.9 Å². The highest BCUT2D eigenvalue weighted by molar-refractivity contribution is 5.81. The molecule has 1 saturated heterocycles. The number of likely N-dealkylation sites (tertiary alicyclic amines) is 1. The van der Waals surface area contributed by atoms with Crippen LogP contribution in [0, 0.1) is 11.3 Å². The van der Waals surface area contributed by atoms with Crippen LogP contribution in [-0.4, -0.2) is 48.2 Å². The molecule has 132 valence electrons. The lowest BCUT2D eigenvalue weighted by atomic mass is 9.76. The lowest BCUT2D eigenvalue weighted by Gasteiger charge is -2.28. The molecular weight excluding hydrogens is 310 g/mol. The number of carbonyl (C=O) groups is 2. The van der Waals surface area contributed by atoms with Gasteiger partial charge in [0, 0.05) is 13.1 Å². The van der Waals surface area contributed by atoms with Gasteiger partial charge in [-0.15, -0.1) is 0 Å². The molecule has 1 aliphatic heterocycles. The Labute approximate surface area is 142 Å². The molecule has 0 radical (unpaired) electrons. The third-order valence-corrected chi connectivity index (χ3v) is 4.68. The Morgan fingerprint density at radius 1 is 1.25 bits per heavy atom. The van der Waals surface area contributed by atoms with Crippen LogP contribution in [0.15, 0.2) is 24.3 Å². The van der Waals surface area contributed by atoms with Gasteiger partial charge < -0.3 is 19.5 Å². The summed E-state index contributed by atoms with van der Waals surface area (Å²) >= 11 is 0. The van der Waals surface area contributed by atoms with Crippen LogP contribution in [0.1, 0.15) is 27.2 Å². The number of rotatable bonds is 7. The molecule has 24 heavy (non-hydrogen) atoms.